The number of amides is 3. The van der Waals surface area contributed by atoms with E-state index in [0.717, 1.165) is 131 Å². The molecule has 5 N–H and O–H groups in total. The normalized spacial score (nSPS) is 20.3. The molecule has 5 aliphatic rings. The summed E-state index contributed by atoms with van der Waals surface area (Å²) in [7, 11) is 0. The summed E-state index contributed by atoms with van der Waals surface area (Å²) in [6.07, 6.45) is 8.36. The van der Waals surface area contributed by atoms with Crippen LogP contribution in [0.4, 0.5) is 11.5 Å². The average molecular weight is 1160 g/mol. The molecular formula is C63H75ClN12O6S. The number of ketones is 1. The van der Waals surface area contributed by atoms with Gasteiger partial charge >= 0.3 is 0 Å². The molecule has 5 aliphatic heterocycles. The van der Waals surface area contributed by atoms with E-state index in [1.807, 2.05) is 74.2 Å². The second-order valence-electron chi connectivity index (χ2n) is 23.0. The number of carbonyl (C=O) groups is 5. The monoisotopic (exact) mass is 1160 g/mol. The highest BCUT2D eigenvalue weighted by molar-refractivity contribution is 7.15. The highest BCUT2D eigenvalue weighted by Gasteiger charge is 2.42. The van der Waals surface area contributed by atoms with Gasteiger partial charge in [-0.1, -0.05) is 54.9 Å². The van der Waals surface area contributed by atoms with E-state index >= 15 is 0 Å². The Kier molecular flexibility index (Phi) is 18.2. The smallest absolute Gasteiger partial charge is 0.290 e. The van der Waals surface area contributed by atoms with Crippen molar-refractivity contribution in [3.63, 3.8) is 0 Å². The number of fused-ring (bicyclic) bond motifs is 5. The van der Waals surface area contributed by atoms with Crippen LogP contribution >= 0.6 is 22.9 Å². The van der Waals surface area contributed by atoms with Crippen molar-refractivity contribution in [2.45, 2.75) is 130 Å². The molecule has 2 bridgehead atoms. The van der Waals surface area contributed by atoms with Crippen LogP contribution in [0.5, 0.6) is 0 Å². The molecule has 0 radical (unpaired) electrons. The van der Waals surface area contributed by atoms with Gasteiger partial charge in [-0.15, -0.1) is 21.5 Å². The van der Waals surface area contributed by atoms with Crippen molar-refractivity contribution in [1.82, 2.24) is 39.8 Å². The molecule has 3 amide bonds. The molecule has 0 spiro atoms. The van der Waals surface area contributed by atoms with E-state index in [0.29, 0.717) is 50.3 Å². The SMILES string of the molecule is CC[C@@H](C)Nc1cc(C(=O)NC2C[C@H]3CC[C@H](C2)N3c2ccc(C(=O)c3ccc(CN4CCN(CC5CCN(C(=O)C[C@@H]6N=C(c7ccc(Cl)cc7)c7c(sc(C)c7C)-n7c(C)nnc76)CC5)CC4)cc3)cn2)c(C)cc1C(N)=O.O=CO. The van der Waals surface area contributed by atoms with Crippen LogP contribution in [0.2, 0.25) is 5.02 Å². The number of rotatable bonds is 16. The molecule has 436 valence electrons. The van der Waals surface area contributed by atoms with E-state index in [-0.39, 0.29) is 54.7 Å². The molecule has 20 heteroatoms. The number of hydrogen-bond donors (Lipinski definition) is 4. The van der Waals surface area contributed by atoms with Gasteiger partial charge in [-0.25, -0.2) is 4.98 Å². The Morgan fingerprint density at radius 1 is 0.843 bits per heavy atom. The first-order chi connectivity index (χ1) is 40.0. The molecule has 4 fully saturated rings. The zero-order valence-corrected chi connectivity index (χ0v) is 49.8. The number of carbonyl (C=O) groups excluding carboxylic acids is 4. The van der Waals surface area contributed by atoms with Crippen LogP contribution in [0.3, 0.4) is 0 Å². The molecular weight excluding hydrogens is 1090 g/mol. The van der Waals surface area contributed by atoms with E-state index in [9.17, 15) is 19.2 Å². The maximum Gasteiger partial charge on any atom is 0.290 e. The van der Waals surface area contributed by atoms with Gasteiger partial charge in [-0.05, 0) is 139 Å². The predicted octanol–water partition coefficient (Wildman–Crippen LogP) is 9.12. The van der Waals surface area contributed by atoms with Crippen LogP contribution in [0.15, 0.2) is 84.0 Å². The summed E-state index contributed by atoms with van der Waals surface area (Å²) < 4.78 is 2.11. The summed E-state index contributed by atoms with van der Waals surface area (Å²) in [4.78, 5) is 83.0. The lowest BCUT2D eigenvalue weighted by atomic mass is 9.95. The van der Waals surface area contributed by atoms with E-state index in [4.69, 9.17) is 37.2 Å². The fraction of sp³-hybridized carbons (Fsp3) is 0.444. The highest BCUT2D eigenvalue weighted by atomic mass is 35.5. The number of nitrogens with zero attached hydrogens (tertiary/aromatic N) is 9. The molecule has 18 nitrogen and oxygen atoms in total. The molecule has 6 aromatic rings. The Labute approximate surface area is 494 Å². The first-order valence-electron chi connectivity index (χ1n) is 29.1. The van der Waals surface area contributed by atoms with Gasteiger partial charge < -0.3 is 36.2 Å². The van der Waals surface area contributed by atoms with Gasteiger partial charge in [-0.2, -0.15) is 0 Å². The fourth-order valence-electron chi connectivity index (χ4n) is 12.7. The molecule has 3 aromatic carbocycles. The number of aryl methyl sites for hydroxylation is 3. The van der Waals surface area contributed by atoms with Crippen LogP contribution in [-0.2, 0) is 16.1 Å². The summed E-state index contributed by atoms with van der Waals surface area (Å²) in [6.45, 7) is 19.2. The minimum Gasteiger partial charge on any atom is -0.483 e. The van der Waals surface area contributed by atoms with Crippen molar-refractivity contribution in [1.29, 1.82) is 0 Å². The molecule has 11 rings (SSSR count). The Bertz CT molecular complexity index is 3370. The summed E-state index contributed by atoms with van der Waals surface area (Å²) >= 11 is 8.03. The van der Waals surface area contributed by atoms with Crippen LogP contribution in [0, 0.1) is 33.6 Å². The summed E-state index contributed by atoms with van der Waals surface area (Å²) in [5.41, 5.74) is 14.3. The standard InChI is InChI=1S/C62H73ClN12O4S.CH2O2/c1-7-37(3)66-52-31-50(36(2)28-51(52)59(64)78)61(79)67-47-29-48-17-18-49(30-47)75(48)54-19-14-45(33-65-54)58(77)44-10-8-41(9-11-44)34-71-24-26-72(27-25-71)35-42-20-22-73(23-21-42)55(76)32-53-60-70-69-40(6)74(60)62-56(38(4)39(5)80-62)57(68-53)43-12-15-46(63)16-13-43;2-1-3/h8-16,19,28,31,33,37,42,47-49,53,66H,7,17-18,20-27,29-30,32,34-35H2,1-6H3,(H2,64,78)(H,67,79);1H,(H,2,3)/t37-,48-,49-,53+;/m1./s1. The molecule has 4 saturated heterocycles. The lowest BCUT2D eigenvalue weighted by Gasteiger charge is -2.40. The Hall–Kier alpha value is -7.32. The van der Waals surface area contributed by atoms with Crippen molar-refractivity contribution >= 4 is 70.1 Å². The number of thiophene rings is 1. The van der Waals surface area contributed by atoms with Gasteiger partial charge in [-0.3, -0.25) is 38.4 Å². The van der Waals surface area contributed by atoms with E-state index in [1.165, 1.54) is 16.0 Å². The third-order valence-corrected chi connectivity index (χ3v) is 19.0. The van der Waals surface area contributed by atoms with E-state index < -0.39 is 11.9 Å². The number of primary amides is 1. The predicted molar refractivity (Wildman–Crippen MR) is 325 cm³/mol. The lowest BCUT2D eigenvalue weighted by Crippen LogP contribution is -2.50. The molecule has 3 aromatic heterocycles. The number of nitrogens with two attached hydrogens (primary N) is 1. The van der Waals surface area contributed by atoms with Crippen molar-refractivity contribution in [2.24, 2.45) is 16.6 Å². The molecule has 0 aliphatic carbocycles. The second-order valence-corrected chi connectivity index (χ2v) is 24.7. The minimum atomic E-state index is -0.527. The fourth-order valence-corrected chi connectivity index (χ4v) is 14.1. The highest BCUT2D eigenvalue weighted by Crippen LogP contribution is 2.41. The topological polar surface area (TPSA) is 225 Å². The minimum absolute atomic E-state index is 0.00469. The number of pyridine rings is 1. The molecule has 0 unspecified atom stereocenters. The molecule has 83 heavy (non-hydrogen) atoms. The van der Waals surface area contributed by atoms with Gasteiger partial charge in [0.05, 0.1) is 17.7 Å². The van der Waals surface area contributed by atoms with Gasteiger partial charge in [0.2, 0.25) is 5.91 Å². The Balaban J connectivity index is 0.00000251. The first-order valence-corrected chi connectivity index (χ1v) is 30.3. The van der Waals surface area contributed by atoms with Gasteiger partial charge in [0.1, 0.15) is 22.7 Å². The summed E-state index contributed by atoms with van der Waals surface area (Å²) in [5.74, 6) is 2.26. The van der Waals surface area contributed by atoms with Crippen molar-refractivity contribution < 1.29 is 29.1 Å². The lowest BCUT2D eigenvalue weighted by molar-refractivity contribution is -0.133. The Morgan fingerprint density at radius 2 is 1.51 bits per heavy atom. The second kappa shape index (κ2) is 25.7. The number of benzene rings is 3. The number of piperazine rings is 1. The van der Waals surface area contributed by atoms with Crippen molar-refractivity contribution in [3.8, 4) is 5.00 Å². The zero-order chi connectivity index (χ0) is 58.6. The van der Waals surface area contributed by atoms with Crippen molar-refractivity contribution in [2.75, 3.05) is 56.0 Å². The van der Waals surface area contributed by atoms with Crippen molar-refractivity contribution in [3.05, 3.63) is 151 Å². The van der Waals surface area contributed by atoms with Crippen LogP contribution < -0.4 is 21.3 Å². The third kappa shape index (κ3) is 12.9. The maximum atomic E-state index is 14.1. The summed E-state index contributed by atoms with van der Waals surface area (Å²) in [5, 5.41) is 24.3. The number of nitrogens with one attached hydrogen (secondary N) is 2. The Morgan fingerprint density at radius 3 is 2.14 bits per heavy atom. The molecule has 8 heterocycles. The van der Waals surface area contributed by atoms with Gasteiger partial charge in [0.15, 0.2) is 11.6 Å². The van der Waals surface area contributed by atoms with Gasteiger partial charge in [0.25, 0.3) is 18.3 Å². The largest absolute Gasteiger partial charge is 0.483 e. The number of halogens is 1. The van der Waals surface area contributed by atoms with Gasteiger partial charge in [0, 0.05) is 126 Å². The maximum absolute atomic E-state index is 14.1. The zero-order valence-electron chi connectivity index (χ0n) is 48.2. The molecule has 4 atom stereocenters. The number of carboxylic acid groups (broad SMARTS) is 1. The van der Waals surface area contributed by atoms with Crippen LogP contribution in [0.1, 0.15) is 152 Å². The number of piperidine rings is 2. The van der Waals surface area contributed by atoms with Crippen LogP contribution in [0.25, 0.3) is 5.00 Å². The number of aliphatic imine (C=N–C) groups is 1. The number of hydrogen-bond acceptors (Lipinski definition) is 14. The first kappa shape index (κ1) is 58.9. The number of aromatic nitrogens is 4. The summed E-state index contributed by atoms with van der Waals surface area (Å²) in [6, 6.07) is 23.2. The van der Waals surface area contributed by atoms with Crippen LogP contribution in [-0.4, -0.2) is 145 Å². The quantitative estimate of drug-likeness (QED) is 0.0525. The van der Waals surface area contributed by atoms with E-state index in [1.54, 1.807) is 29.7 Å². The third-order valence-electron chi connectivity index (χ3n) is 17.5. The number of likely N-dealkylation sites (tertiary alicyclic amines) is 1. The number of anilines is 2. The molecule has 0 saturated carbocycles. The average Bonchev–Trinajstić information content (AvgIpc) is 2.24. The van der Waals surface area contributed by atoms with E-state index in [2.05, 4.69) is 73.0 Å².